The molecular weight excluding hydrogens is 266 g/mol. The maximum atomic E-state index is 11.9. The van der Waals surface area contributed by atoms with Crippen molar-refractivity contribution >= 4 is 11.6 Å². The molecule has 0 bridgehead atoms. The third-order valence-electron chi connectivity index (χ3n) is 2.90. The highest BCUT2D eigenvalue weighted by Gasteiger charge is 2.04. The molecule has 0 aromatic heterocycles. The van der Waals surface area contributed by atoms with Gasteiger partial charge < -0.3 is 14.8 Å². The topological polar surface area (TPSA) is 47.6 Å². The van der Waals surface area contributed by atoms with Gasteiger partial charge >= 0.3 is 0 Å². The van der Waals surface area contributed by atoms with Gasteiger partial charge in [-0.2, -0.15) is 0 Å². The van der Waals surface area contributed by atoms with Crippen molar-refractivity contribution in [1.29, 1.82) is 0 Å². The maximum absolute atomic E-state index is 11.9. The molecule has 1 N–H and O–H groups in total. The van der Waals surface area contributed by atoms with E-state index < -0.39 is 0 Å². The summed E-state index contributed by atoms with van der Waals surface area (Å²) in [7, 11) is 1.63. The van der Waals surface area contributed by atoms with E-state index in [-0.39, 0.29) is 5.91 Å². The van der Waals surface area contributed by atoms with Crippen molar-refractivity contribution in [3.8, 4) is 5.75 Å². The molecule has 0 saturated heterocycles. The number of rotatable bonds is 7. The van der Waals surface area contributed by atoms with Crippen LogP contribution in [0.15, 0.2) is 54.6 Å². The van der Waals surface area contributed by atoms with Gasteiger partial charge in [0.25, 0.3) is 0 Å². The zero-order valence-corrected chi connectivity index (χ0v) is 12.0. The number of anilines is 1. The molecule has 1 amide bonds. The van der Waals surface area contributed by atoms with Crippen molar-refractivity contribution in [3.05, 3.63) is 60.2 Å². The molecule has 0 aliphatic rings. The Hall–Kier alpha value is -2.33. The molecule has 0 aliphatic heterocycles. The molecule has 110 valence electrons. The van der Waals surface area contributed by atoms with Crippen molar-refractivity contribution in [3.63, 3.8) is 0 Å². The number of ether oxygens (including phenoxy) is 2. The first-order chi connectivity index (χ1) is 10.3. The lowest BCUT2D eigenvalue weighted by Gasteiger charge is -2.08. The minimum absolute atomic E-state index is 0.0331. The summed E-state index contributed by atoms with van der Waals surface area (Å²) in [6, 6.07) is 17.0. The lowest BCUT2D eigenvalue weighted by atomic mass is 10.1. The fourth-order valence-electron chi connectivity index (χ4n) is 1.86. The molecule has 0 atom stereocenters. The minimum atomic E-state index is -0.0331. The number of carbonyl (C=O) groups is 1. The second-order valence-electron chi connectivity index (χ2n) is 4.58. The molecule has 2 aromatic rings. The SMILES string of the molecule is COCCOc1ccc(NC(=O)Cc2ccccc2)cc1. The van der Waals surface area contributed by atoms with Crippen molar-refractivity contribution in [2.45, 2.75) is 6.42 Å². The molecule has 4 heteroatoms. The fourth-order valence-corrected chi connectivity index (χ4v) is 1.86. The lowest BCUT2D eigenvalue weighted by Crippen LogP contribution is -2.14. The van der Waals surface area contributed by atoms with E-state index in [0.29, 0.717) is 19.6 Å². The number of hydrogen-bond donors (Lipinski definition) is 1. The molecule has 0 radical (unpaired) electrons. The largest absolute Gasteiger partial charge is 0.491 e. The van der Waals surface area contributed by atoms with Crippen molar-refractivity contribution in [2.24, 2.45) is 0 Å². The standard InChI is InChI=1S/C17H19NO3/c1-20-11-12-21-16-9-7-15(8-10-16)18-17(19)13-14-5-3-2-4-6-14/h2-10H,11-13H2,1H3,(H,18,19). The van der Waals surface area contributed by atoms with Gasteiger partial charge in [0.1, 0.15) is 12.4 Å². The van der Waals surface area contributed by atoms with Gasteiger partial charge in [0.05, 0.1) is 13.0 Å². The van der Waals surface area contributed by atoms with E-state index in [1.807, 2.05) is 54.6 Å². The molecule has 0 unspecified atom stereocenters. The van der Waals surface area contributed by atoms with E-state index >= 15 is 0 Å². The van der Waals surface area contributed by atoms with Crippen LogP contribution in [0.2, 0.25) is 0 Å². The first kappa shape index (κ1) is 15.1. The Kier molecular flexibility index (Phi) is 5.79. The lowest BCUT2D eigenvalue weighted by molar-refractivity contribution is -0.115. The summed E-state index contributed by atoms with van der Waals surface area (Å²) in [4.78, 5) is 11.9. The molecule has 21 heavy (non-hydrogen) atoms. The van der Waals surface area contributed by atoms with Gasteiger partial charge in [0.15, 0.2) is 0 Å². The highest BCUT2D eigenvalue weighted by atomic mass is 16.5. The summed E-state index contributed by atoms with van der Waals surface area (Å²) in [5, 5.41) is 2.87. The van der Waals surface area contributed by atoms with Gasteiger partial charge in [-0.15, -0.1) is 0 Å². The smallest absolute Gasteiger partial charge is 0.228 e. The molecule has 0 aliphatic carbocycles. The van der Waals surface area contributed by atoms with Gasteiger partial charge in [0.2, 0.25) is 5.91 Å². The van der Waals surface area contributed by atoms with Crippen LogP contribution in [0.25, 0.3) is 0 Å². The number of nitrogens with one attached hydrogen (secondary N) is 1. The zero-order valence-electron chi connectivity index (χ0n) is 12.0. The highest BCUT2D eigenvalue weighted by Crippen LogP contribution is 2.16. The molecule has 0 saturated carbocycles. The van der Waals surface area contributed by atoms with Gasteiger partial charge in [-0.05, 0) is 29.8 Å². The van der Waals surface area contributed by atoms with Crippen LogP contribution in [-0.2, 0) is 16.0 Å². The van der Waals surface area contributed by atoms with E-state index in [9.17, 15) is 4.79 Å². The van der Waals surface area contributed by atoms with Crippen molar-refractivity contribution in [2.75, 3.05) is 25.6 Å². The number of amides is 1. The van der Waals surface area contributed by atoms with Gasteiger partial charge in [-0.3, -0.25) is 4.79 Å². The van der Waals surface area contributed by atoms with E-state index in [1.54, 1.807) is 7.11 Å². The first-order valence-corrected chi connectivity index (χ1v) is 6.83. The van der Waals surface area contributed by atoms with Crippen LogP contribution in [-0.4, -0.2) is 26.2 Å². The Labute approximate surface area is 124 Å². The Morgan fingerprint density at radius 2 is 1.71 bits per heavy atom. The van der Waals surface area contributed by atoms with Crippen LogP contribution in [0, 0.1) is 0 Å². The number of benzene rings is 2. The molecular formula is C17H19NO3. The first-order valence-electron chi connectivity index (χ1n) is 6.83. The molecule has 0 spiro atoms. The van der Waals surface area contributed by atoms with Crippen molar-refractivity contribution in [1.82, 2.24) is 0 Å². The Bertz CT molecular complexity index is 552. The van der Waals surface area contributed by atoms with Crippen molar-refractivity contribution < 1.29 is 14.3 Å². The van der Waals surface area contributed by atoms with Crippen LogP contribution in [0.5, 0.6) is 5.75 Å². The molecule has 2 rings (SSSR count). The van der Waals surface area contributed by atoms with Crippen LogP contribution in [0.1, 0.15) is 5.56 Å². The van der Waals surface area contributed by atoms with E-state index in [2.05, 4.69) is 5.32 Å². The molecule has 4 nitrogen and oxygen atoms in total. The zero-order chi connectivity index (χ0) is 14.9. The monoisotopic (exact) mass is 285 g/mol. The average Bonchev–Trinajstić information content (AvgIpc) is 2.50. The molecule has 0 heterocycles. The predicted molar refractivity (Wildman–Crippen MR) is 82.6 cm³/mol. The van der Waals surface area contributed by atoms with Crippen LogP contribution in [0.4, 0.5) is 5.69 Å². The minimum Gasteiger partial charge on any atom is -0.491 e. The van der Waals surface area contributed by atoms with Gasteiger partial charge in [-0.1, -0.05) is 30.3 Å². The summed E-state index contributed by atoms with van der Waals surface area (Å²) in [6.07, 6.45) is 0.368. The quantitative estimate of drug-likeness (QED) is 0.796. The van der Waals surface area contributed by atoms with E-state index in [1.165, 1.54) is 0 Å². The second-order valence-corrected chi connectivity index (χ2v) is 4.58. The van der Waals surface area contributed by atoms with E-state index in [4.69, 9.17) is 9.47 Å². The summed E-state index contributed by atoms with van der Waals surface area (Å²) in [5.74, 6) is 0.724. The average molecular weight is 285 g/mol. The Balaban J connectivity index is 1.83. The maximum Gasteiger partial charge on any atom is 0.228 e. The summed E-state index contributed by atoms with van der Waals surface area (Å²) >= 11 is 0. The molecule has 2 aromatic carbocycles. The van der Waals surface area contributed by atoms with E-state index in [0.717, 1.165) is 17.0 Å². The second kappa shape index (κ2) is 8.07. The van der Waals surface area contributed by atoms with Crippen LogP contribution in [0.3, 0.4) is 0 Å². The Morgan fingerprint density at radius 1 is 1.00 bits per heavy atom. The van der Waals surface area contributed by atoms with Crippen LogP contribution < -0.4 is 10.1 Å². The third-order valence-corrected chi connectivity index (χ3v) is 2.90. The number of hydrogen-bond acceptors (Lipinski definition) is 3. The molecule has 0 fully saturated rings. The van der Waals surface area contributed by atoms with Crippen LogP contribution >= 0.6 is 0 Å². The summed E-state index contributed by atoms with van der Waals surface area (Å²) in [5.41, 5.74) is 1.75. The number of methoxy groups -OCH3 is 1. The normalized spacial score (nSPS) is 10.1. The number of carbonyl (C=O) groups excluding carboxylic acids is 1. The summed E-state index contributed by atoms with van der Waals surface area (Å²) in [6.45, 7) is 1.06. The van der Waals surface area contributed by atoms with Gasteiger partial charge in [-0.25, -0.2) is 0 Å². The third kappa shape index (κ3) is 5.28. The Morgan fingerprint density at radius 3 is 2.38 bits per heavy atom. The highest BCUT2D eigenvalue weighted by molar-refractivity contribution is 5.92. The van der Waals surface area contributed by atoms with Gasteiger partial charge in [0, 0.05) is 12.8 Å². The summed E-state index contributed by atoms with van der Waals surface area (Å²) < 4.78 is 10.4. The predicted octanol–water partition coefficient (Wildman–Crippen LogP) is 2.89. The fraction of sp³-hybridized carbons (Fsp3) is 0.235.